The van der Waals surface area contributed by atoms with Crippen molar-refractivity contribution in [2.45, 2.75) is 25.4 Å². The van der Waals surface area contributed by atoms with Crippen molar-refractivity contribution in [3.8, 4) is 0 Å². The van der Waals surface area contributed by atoms with Gasteiger partial charge in [0, 0.05) is 18.1 Å². The zero-order valence-corrected chi connectivity index (χ0v) is 16.3. The first-order valence-electron chi connectivity index (χ1n) is 9.37. The van der Waals surface area contributed by atoms with Gasteiger partial charge in [0.05, 0.1) is 11.3 Å². The second kappa shape index (κ2) is 7.83. The fourth-order valence-electron chi connectivity index (χ4n) is 3.84. The molecule has 0 aliphatic carbocycles. The van der Waals surface area contributed by atoms with Crippen LogP contribution in [0.25, 0.3) is 0 Å². The van der Waals surface area contributed by atoms with Gasteiger partial charge >= 0.3 is 0 Å². The minimum Gasteiger partial charge on any atom is -0.350 e. The predicted molar refractivity (Wildman–Crippen MR) is 106 cm³/mol. The lowest BCUT2D eigenvalue weighted by atomic mass is 10.1. The number of hydrogen-bond acceptors (Lipinski definition) is 3. The van der Waals surface area contributed by atoms with Gasteiger partial charge in [0.15, 0.2) is 0 Å². The van der Waals surface area contributed by atoms with E-state index in [9.17, 15) is 18.8 Å². The molecule has 2 aliphatic heterocycles. The molecule has 3 amide bonds. The van der Waals surface area contributed by atoms with Gasteiger partial charge in [-0.25, -0.2) is 4.39 Å². The van der Waals surface area contributed by atoms with Crippen LogP contribution < -0.4 is 10.2 Å². The van der Waals surface area contributed by atoms with E-state index in [2.05, 4.69) is 5.32 Å². The summed E-state index contributed by atoms with van der Waals surface area (Å²) >= 11 is 5.95. The van der Waals surface area contributed by atoms with Gasteiger partial charge in [-0.05, 0) is 48.7 Å². The molecule has 1 saturated heterocycles. The Kier molecular flexibility index (Phi) is 5.24. The van der Waals surface area contributed by atoms with Crippen molar-refractivity contribution in [3.63, 3.8) is 0 Å². The molecule has 2 aromatic rings. The summed E-state index contributed by atoms with van der Waals surface area (Å²) in [5.74, 6) is -1.65. The van der Waals surface area contributed by atoms with Crippen LogP contribution in [0.3, 0.4) is 0 Å². The highest BCUT2D eigenvalue weighted by molar-refractivity contribution is 6.30. The molecule has 0 radical (unpaired) electrons. The summed E-state index contributed by atoms with van der Waals surface area (Å²) in [5.41, 5.74) is 1.18. The maximum atomic E-state index is 13.9. The third-order valence-electron chi connectivity index (χ3n) is 5.23. The topological polar surface area (TPSA) is 69.7 Å². The SMILES string of the molecule is O=C(CN1C(=O)[C@@H]2CCCN2C(=O)c2ccc(F)cc21)NCc1cccc(Cl)c1. The first-order valence-corrected chi connectivity index (χ1v) is 9.75. The van der Waals surface area contributed by atoms with E-state index in [1.165, 1.54) is 21.9 Å². The molecule has 29 heavy (non-hydrogen) atoms. The van der Waals surface area contributed by atoms with Crippen LogP contribution in [0.15, 0.2) is 42.5 Å². The lowest BCUT2D eigenvalue weighted by molar-refractivity contribution is -0.125. The van der Waals surface area contributed by atoms with Gasteiger partial charge in [-0.15, -0.1) is 0 Å². The third kappa shape index (κ3) is 3.82. The second-order valence-electron chi connectivity index (χ2n) is 7.15. The molecule has 2 heterocycles. The number of rotatable bonds is 4. The van der Waals surface area contributed by atoms with Gasteiger partial charge in [-0.1, -0.05) is 23.7 Å². The van der Waals surface area contributed by atoms with Crippen molar-refractivity contribution >= 4 is 35.0 Å². The molecule has 1 fully saturated rings. The fourth-order valence-corrected chi connectivity index (χ4v) is 4.05. The maximum Gasteiger partial charge on any atom is 0.256 e. The smallest absolute Gasteiger partial charge is 0.256 e. The Morgan fingerprint density at radius 1 is 1.21 bits per heavy atom. The molecular weight excluding hydrogens is 397 g/mol. The van der Waals surface area contributed by atoms with Gasteiger partial charge in [0.2, 0.25) is 11.8 Å². The zero-order chi connectivity index (χ0) is 20.5. The molecule has 0 bridgehead atoms. The lowest BCUT2D eigenvalue weighted by Crippen LogP contribution is -2.48. The first-order chi connectivity index (χ1) is 13.9. The fraction of sp³-hybridized carbons (Fsp3) is 0.286. The molecule has 0 unspecified atom stereocenters. The highest BCUT2D eigenvalue weighted by Crippen LogP contribution is 2.32. The van der Waals surface area contributed by atoms with E-state index in [0.717, 1.165) is 11.6 Å². The van der Waals surface area contributed by atoms with Gasteiger partial charge in [0.1, 0.15) is 18.4 Å². The van der Waals surface area contributed by atoms with Gasteiger partial charge in [-0.2, -0.15) is 0 Å². The Balaban J connectivity index is 1.58. The maximum absolute atomic E-state index is 13.9. The summed E-state index contributed by atoms with van der Waals surface area (Å²) in [6.45, 7) is 0.417. The Morgan fingerprint density at radius 3 is 2.83 bits per heavy atom. The second-order valence-corrected chi connectivity index (χ2v) is 7.59. The van der Waals surface area contributed by atoms with Crippen LogP contribution >= 0.6 is 11.6 Å². The lowest BCUT2D eigenvalue weighted by Gasteiger charge is -2.25. The number of amides is 3. The minimum absolute atomic E-state index is 0.132. The summed E-state index contributed by atoms with van der Waals surface area (Å²) in [4.78, 5) is 41.3. The van der Waals surface area contributed by atoms with Crippen LogP contribution in [-0.2, 0) is 16.1 Å². The number of carbonyl (C=O) groups is 3. The van der Waals surface area contributed by atoms with Crippen LogP contribution in [0, 0.1) is 5.82 Å². The summed E-state index contributed by atoms with van der Waals surface area (Å²) in [6, 6.07) is 10.1. The van der Waals surface area contributed by atoms with E-state index in [1.807, 2.05) is 6.07 Å². The summed E-state index contributed by atoms with van der Waals surface area (Å²) in [7, 11) is 0. The largest absolute Gasteiger partial charge is 0.350 e. The van der Waals surface area contributed by atoms with E-state index < -0.39 is 17.8 Å². The molecule has 0 aromatic heterocycles. The van der Waals surface area contributed by atoms with E-state index >= 15 is 0 Å². The molecule has 4 rings (SSSR count). The number of fused-ring (bicyclic) bond motifs is 2. The zero-order valence-electron chi connectivity index (χ0n) is 15.5. The quantitative estimate of drug-likeness (QED) is 0.834. The summed E-state index contributed by atoms with van der Waals surface area (Å²) in [6.07, 6.45) is 1.25. The predicted octanol–water partition coefficient (Wildman–Crippen LogP) is 2.75. The Bertz CT molecular complexity index is 997. The molecule has 2 aromatic carbocycles. The monoisotopic (exact) mass is 415 g/mol. The van der Waals surface area contributed by atoms with E-state index in [0.29, 0.717) is 24.4 Å². The number of nitrogens with one attached hydrogen (secondary N) is 1. The molecule has 8 heteroatoms. The van der Waals surface area contributed by atoms with Crippen LogP contribution in [0.4, 0.5) is 10.1 Å². The highest BCUT2D eigenvalue weighted by atomic mass is 35.5. The van der Waals surface area contributed by atoms with Gasteiger partial charge in [0.25, 0.3) is 5.91 Å². The normalized spacial score (nSPS) is 18.3. The summed E-state index contributed by atoms with van der Waals surface area (Å²) < 4.78 is 13.9. The number of anilines is 1. The van der Waals surface area contributed by atoms with Crippen molar-refractivity contribution in [3.05, 3.63) is 64.4 Å². The van der Waals surface area contributed by atoms with Gasteiger partial charge in [-0.3, -0.25) is 14.4 Å². The van der Waals surface area contributed by atoms with Crippen LogP contribution in [0.5, 0.6) is 0 Å². The highest BCUT2D eigenvalue weighted by Gasteiger charge is 2.42. The molecule has 6 nitrogen and oxygen atoms in total. The van der Waals surface area contributed by atoms with Crippen molar-refractivity contribution in [1.82, 2.24) is 10.2 Å². The number of carbonyl (C=O) groups excluding carboxylic acids is 3. The van der Waals surface area contributed by atoms with E-state index in [1.54, 1.807) is 18.2 Å². The molecule has 2 aliphatic rings. The van der Waals surface area contributed by atoms with Crippen molar-refractivity contribution in [2.24, 2.45) is 0 Å². The van der Waals surface area contributed by atoms with Crippen molar-refractivity contribution < 1.29 is 18.8 Å². The van der Waals surface area contributed by atoms with Crippen LogP contribution in [-0.4, -0.2) is 41.8 Å². The van der Waals surface area contributed by atoms with E-state index in [4.69, 9.17) is 11.6 Å². The van der Waals surface area contributed by atoms with Crippen molar-refractivity contribution in [1.29, 1.82) is 0 Å². The van der Waals surface area contributed by atoms with Crippen molar-refractivity contribution in [2.75, 3.05) is 18.0 Å². The third-order valence-corrected chi connectivity index (χ3v) is 5.46. The average molecular weight is 416 g/mol. The van der Waals surface area contributed by atoms with E-state index in [-0.39, 0.29) is 36.2 Å². The van der Waals surface area contributed by atoms with Crippen LogP contribution in [0.1, 0.15) is 28.8 Å². The first kappa shape index (κ1) is 19.4. The van der Waals surface area contributed by atoms with Gasteiger partial charge < -0.3 is 15.1 Å². The summed E-state index contributed by atoms with van der Waals surface area (Å²) in [5, 5.41) is 3.31. The standard InChI is InChI=1S/C21H19ClFN3O3/c22-14-4-1-3-13(9-14)11-24-19(27)12-26-18-10-15(23)6-7-16(18)20(28)25-8-2-5-17(25)21(26)29/h1,3-4,6-7,9-10,17H,2,5,8,11-12H2,(H,24,27)/t17-/m0/s1. The Morgan fingerprint density at radius 2 is 2.03 bits per heavy atom. The number of hydrogen-bond donors (Lipinski definition) is 1. The number of benzene rings is 2. The molecule has 150 valence electrons. The molecule has 1 atom stereocenters. The van der Waals surface area contributed by atoms with Crippen LogP contribution in [0.2, 0.25) is 5.02 Å². The Labute approximate surface area is 172 Å². The average Bonchev–Trinajstić information content (AvgIpc) is 3.17. The molecule has 0 saturated carbocycles. The number of nitrogens with zero attached hydrogens (tertiary/aromatic N) is 2. The molecule has 1 N–H and O–H groups in total. The minimum atomic E-state index is -0.626. The Hall–Kier alpha value is -2.93. The molecule has 0 spiro atoms. The number of halogens is 2. The molecular formula is C21H19ClFN3O3.